The highest BCUT2D eigenvalue weighted by Gasteiger charge is 2.33. The molecule has 3 rings (SSSR count). The van der Waals surface area contributed by atoms with E-state index in [1.807, 2.05) is 30.3 Å². The van der Waals surface area contributed by atoms with Crippen LogP contribution in [0.1, 0.15) is 32.6 Å². The van der Waals surface area contributed by atoms with Crippen LogP contribution in [-0.2, 0) is 9.47 Å². The Morgan fingerprint density at radius 3 is 2.56 bits per heavy atom. The SMILES string of the molecule is CCNC(=NCC1(OC)CCOCC1)N1CCC(Oc2ccccc2)CC1. The van der Waals surface area contributed by atoms with Crippen LogP contribution in [0.5, 0.6) is 5.75 Å². The van der Waals surface area contributed by atoms with Crippen LogP contribution >= 0.6 is 0 Å². The molecule has 0 atom stereocenters. The van der Waals surface area contributed by atoms with Gasteiger partial charge in [0.05, 0.1) is 12.1 Å². The van der Waals surface area contributed by atoms with Crippen molar-refractivity contribution in [2.24, 2.45) is 4.99 Å². The molecule has 0 aliphatic carbocycles. The summed E-state index contributed by atoms with van der Waals surface area (Å²) in [4.78, 5) is 7.27. The van der Waals surface area contributed by atoms with E-state index in [0.717, 1.165) is 70.2 Å². The maximum atomic E-state index is 6.11. The molecular formula is C21H33N3O3. The summed E-state index contributed by atoms with van der Waals surface area (Å²) in [6, 6.07) is 10.1. The largest absolute Gasteiger partial charge is 0.490 e. The van der Waals surface area contributed by atoms with Gasteiger partial charge in [0.25, 0.3) is 0 Å². The molecule has 0 bridgehead atoms. The van der Waals surface area contributed by atoms with E-state index in [1.165, 1.54) is 0 Å². The van der Waals surface area contributed by atoms with E-state index in [-0.39, 0.29) is 11.7 Å². The molecule has 0 spiro atoms. The predicted molar refractivity (Wildman–Crippen MR) is 107 cm³/mol. The van der Waals surface area contributed by atoms with Crippen molar-refractivity contribution in [2.45, 2.75) is 44.3 Å². The van der Waals surface area contributed by atoms with Crippen LogP contribution in [0.2, 0.25) is 0 Å². The summed E-state index contributed by atoms with van der Waals surface area (Å²) in [5, 5.41) is 3.45. The Bertz CT molecular complexity index is 580. The Balaban J connectivity index is 1.55. The third-order valence-electron chi connectivity index (χ3n) is 5.48. The quantitative estimate of drug-likeness (QED) is 0.612. The summed E-state index contributed by atoms with van der Waals surface area (Å²) in [7, 11) is 1.79. The zero-order valence-electron chi connectivity index (χ0n) is 16.7. The van der Waals surface area contributed by atoms with Crippen LogP contribution < -0.4 is 10.1 Å². The molecule has 0 radical (unpaired) electrons. The van der Waals surface area contributed by atoms with Crippen LogP contribution in [0.4, 0.5) is 0 Å². The van der Waals surface area contributed by atoms with Crippen LogP contribution in [0, 0.1) is 0 Å². The Morgan fingerprint density at radius 2 is 1.93 bits per heavy atom. The van der Waals surface area contributed by atoms with Gasteiger partial charge in [-0.15, -0.1) is 0 Å². The number of nitrogens with zero attached hydrogens (tertiary/aromatic N) is 2. The molecule has 2 fully saturated rings. The van der Waals surface area contributed by atoms with Crippen molar-refractivity contribution in [2.75, 3.05) is 46.5 Å². The van der Waals surface area contributed by atoms with Crippen molar-refractivity contribution >= 4 is 5.96 Å². The second-order valence-corrected chi connectivity index (χ2v) is 7.29. The molecule has 0 unspecified atom stereocenters. The van der Waals surface area contributed by atoms with Gasteiger partial charge in [0, 0.05) is 65.6 Å². The lowest BCUT2D eigenvalue weighted by molar-refractivity contribution is -0.0829. The zero-order chi connectivity index (χ0) is 19.0. The summed E-state index contributed by atoms with van der Waals surface area (Å²) >= 11 is 0. The number of nitrogens with one attached hydrogen (secondary N) is 1. The standard InChI is InChI=1S/C21H33N3O3/c1-3-22-20(23-17-21(25-2)11-15-26-16-12-21)24-13-9-19(10-14-24)27-18-7-5-4-6-8-18/h4-8,19H,3,9-17H2,1-2H3,(H,22,23). The Morgan fingerprint density at radius 1 is 1.22 bits per heavy atom. The molecule has 27 heavy (non-hydrogen) atoms. The second kappa shape index (κ2) is 9.95. The van der Waals surface area contributed by atoms with E-state index in [9.17, 15) is 0 Å². The normalized spacial score (nSPS) is 21.1. The number of benzene rings is 1. The monoisotopic (exact) mass is 375 g/mol. The molecule has 2 heterocycles. The van der Waals surface area contributed by atoms with Gasteiger partial charge in [-0.25, -0.2) is 0 Å². The van der Waals surface area contributed by atoms with Crippen LogP contribution in [-0.4, -0.2) is 69.1 Å². The van der Waals surface area contributed by atoms with Gasteiger partial charge in [0.1, 0.15) is 11.9 Å². The highest BCUT2D eigenvalue weighted by Crippen LogP contribution is 2.25. The van der Waals surface area contributed by atoms with Crippen molar-refractivity contribution in [1.29, 1.82) is 0 Å². The van der Waals surface area contributed by atoms with Crippen molar-refractivity contribution in [3.63, 3.8) is 0 Å². The topological polar surface area (TPSA) is 55.3 Å². The molecule has 2 saturated heterocycles. The first-order chi connectivity index (χ1) is 13.2. The van der Waals surface area contributed by atoms with Crippen molar-refractivity contribution in [3.05, 3.63) is 30.3 Å². The number of para-hydroxylation sites is 1. The molecule has 0 aromatic heterocycles. The number of methoxy groups -OCH3 is 1. The number of likely N-dealkylation sites (tertiary alicyclic amines) is 1. The van der Waals surface area contributed by atoms with Gasteiger partial charge in [-0.2, -0.15) is 0 Å². The summed E-state index contributed by atoms with van der Waals surface area (Å²) < 4.78 is 17.4. The van der Waals surface area contributed by atoms with Gasteiger partial charge in [-0.1, -0.05) is 18.2 Å². The van der Waals surface area contributed by atoms with E-state index >= 15 is 0 Å². The van der Waals surface area contributed by atoms with Crippen molar-refractivity contribution in [1.82, 2.24) is 10.2 Å². The first-order valence-electron chi connectivity index (χ1n) is 10.1. The number of piperidine rings is 1. The summed E-state index contributed by atoms with van der Waals surface area (Å²) in [5.74, 6) is 1.94. The summed E-state index contributed by atoms with van der Waals surface area (Å²) in [6.07, 6.45) is 4.08. The zero-order valence-corrected chi connectivity index (χ0v) is 16.7. The van der Waals surface area contributed by atoms with Gasteiger partial charge >= 0.3 is 0 Å². The lowest BCUT2D eigenvalue weighted by Gasteiger charge is -2.37. The number of hydrogen-bond donors (Lipinski definition) is 1. The van der Waals surface area contributed by atoms with Gasteiger partial charge in [0.15, 0.2) is 5.96 Å². The average Bonchev–Trinajstić information content (AvgIpc) is 2.73. The smallest absolute Gasteiger partial charge is 0.194 e. The lowest BCUT2D eigenvalue weighted by Crippen LogP contribution is -2.49. The van der Waals surface area contributed by atoms with Crippen molar-refractivity contribution in [3.8, 4) is 5.75 Å². The Labute approximate surface area is 162 Å². The molecule has 1 aromatic rings. The minimum absolute atomic E-state index is 0.187. The minimum atomic E-state index is -0.187. The molecule has 1 N–H and O–H groups in total. The fourth-order valence-electron chi connectivity index (χ4n) is 3.69. The first-order valence-corrected chi connectivity index (χ1v) is 10.1. The molecule has 0 amide bonds. The van der Waals surface area contributed by atoms with Gasteiger partial charge in [-0.3, -0.25) is 4.99 Å². The van der Waals surface area contributed by atoms with Crippen molar-refractivity contribution < 1.29 is 14.2 Å². The minimum Gasteiger partial charge on any atom is -0.490 e. The average molecular weight is 376 g/mol. The summed E-state index contributed by atoms with van der Waals surface area (Å²) in [5.41, 5.74) is -0.187. The highest BCUT2D eigenvalue weighted by atomic mass is 16.5. The van der Waals surface area contributed by atoms with Crippen LogP contribution in [0.3, 0.4) is 0 Å². The molecule has 6 heteroatoms. The Hall–Kier alpha value is -1.79. The summed E-state index contributed by atoms with van der Waals surface area (Å²) in [6.45, 7) is 7.06. The fraction of sp³-hybridized carbons (Fsp3) is 0.667. The third kappa shape index (κ3) is 5.59. The number of guanidine groups is 1. The number of ether oxygens (including phenoxy) is 3. The third-order valence-corrected chi connectivity index (χ3v) is 5.48. The molecule has 6 nitrogen and oxygen atoms in total. The second-order valence-electron chi connectivity index (χ2n) is 7.29. The maximum absolute atomic E-state index is 6.11. The fourth-order valence-corrected chi connectivity index (χ4v) is 3.69. The molecule has 1 aromatic carbocycles. The van der Waals surface area contributed by atoms with E-state index in [2.05, 4.69) is 17.1 Å². The van der Waals surface area contributed by atoms with Gasteiger partial charge in [0.2, 0.25) is 0 Å². The predicted octanol–water partition coefficient (Wildman–Crippen LogP) is 2.69. The van der Waals surface area contributed by atoms with E-state index in [0.29, 0.717) is 6.54 Å². The molecule has 2 aliphatic heterocycles. The van der Waals surface area contributed by atoms with Crippen LogP contribution in [0.15, 0.2) is 35.3 Å². The maximum Gasteiger partial charge on any atom is 0.194 e. The van der Waals surface area contributed by atoms with E-state index < -0.39 is 0 Å². The Kier molecular flexibility index (Phi) is 7.35. The highest BCUT2D eigenvalue weighted by molar-refractivity contribution is 5.80. The molecule has 0 saturated carbocycles. The molecule has 150 valence electrons. The molecular weight excluding hydrogens is 342 g/mol. The van der Waals surface area contributed by atoms with Gasteiger partial charge in [-0.05, 0) is 19.1 Å². The van der Waals surface area contributed by atoms with E-state index in [1.54, 1.807) is 7.11 Å². The van der Waals surface area contributed by atoms with Crippen LogP contribution in [0.25, 0.3) is 0 Å². The number of aliphatic imine (C=N–C) groups is 1. The van der Waals surface area contributed by atoms with Gasteiger partial charge < -0.3 is 24.4 Å². The first kappa shape index (κ1) is 20.0. The number of rotatable bonds is 6. The lowest BCUT2D eigenvalue weighted by atomic mass is 9.94. The molecule has 2 aliphatic rings. The number of hydrogen-bond acceptors (Lipinski definition) is 4. The van der Waals surface area contributed by atoms with E-state index in [4.69, 9.17) is 19.2 Å².